The van der Waals surface area contributed by atoms with Crippen molar-refractivity contribution in [1.82, 2.24) is 19.2 Å². The van der Waals surface area contributed by atoms with Crippen LogP contribution in [0.2, 0.25) is 0 Å². The lowest BCUT2D eigenvalue weighted by molar-refractivity contribution is 0.0928. The summed E-state index contributed by atoms with van der Waals surface area (Å²) >= 11 is 0. The number of aryl methyl sites for hydroxylation is 1. The summed E-state index contributed by atoms with van der Waals surface area (Å²) in [6.07, 6.45) is 8.00. The molecule has 1 atom stereocenters. The van der Waals surface area contributed by atoms with E-state index in [9.17, 15) is 14.0 Å². The number of fused-ring (bicyclic) bond motifs is 3. The van der Waals surface area contributed by atoms with E-state index in [4.69, 9.17) is 0 Å². The van der Waals surface area contributed by atoms with Gasteiger partial charge in [-0.2, -0.15) is 0 Å². The second-order valence-corrected chi connectivity index (χ2v) is 9.97. The maximum absolute atomic E-state index is 14.0. The maximum Gasteiger partial charge on any atom is 0.275 e. The van der Waals surface area contributed by atoms with E-state index in [0.717, 1.165) is 50.6 Å². The largest absolute Gasteiger partial charge is 0.349 e. The van der Waals surface area contributed by atoms with Crippen molar-refractivity contribution in [2.75, 3.05) is 13.1 Å². The molecule has 7 heteroatoms. The van der Waals surface area contributed by atoms with Crippen LogP contribution in [0.1, 0.15) is 74.5 Å². The Balaban J connectivity index is 1.61. The zero-order valence-electron chi connectivity index (χ0n) is 19.7. The molecule has 1 saturated heterocycles. The zero-order chi connectivity index (χ0) is 23.3. The summed E-state index contributed by atoms with van der Waals surface area (Å²) in [7, 11) is 0. The van der Waals surface area contributed by atoms with Gasteiger partial charge in [-0.3, -0.25) is 18.9 Å². The van der Waals surface area contributed by atoms with Crippen molar-refractivity contribution in [2.24, 2.45) is 0 Å². The molecule has 1 saturated carbocycles. The van der Waals surface area contributed by atoms with E-state index >= 15 is 0 Å². The average molecular weight is 453 g/mol. The number of hydrogen-bond acceptors (Lipinski definition) is 3. The Labute approximate surface area is 193 Å². The van der Waals surface area contributed by atoms with E-state index in [0.29, 0.717) is 40.7 Å². The smallest absolute Gasteiger partial charge is 0.275 e. The van der Waals surface area contributed by atoms with Crippen molar-refractivity contribution >= 4 is 22.3 Å². The van der Waals surface area contributed by atoms with Gasteiger partial charge in [0.25, 0.3) is 11.5 Å². The molecule has 176 valence electrons. The van der Waals surface area contributed by atoms with Gasteiger partial charge in [-0.05, 0) is 76.8 Å². The number of nitrogens with zero attached hydrogens (tertiary/aromatic N) is 3. The number of benzene rings is 1. The highest BCUT2D eigenvalue weighted by Gasteiger charge is 2.29. The van der Waals surface area contributed by atoms with Gasteiger partial charge < -0.3 is 9.88 Å². The minimum absolute atomic E-state index is 0.102. The minimum atomic E-state index is -0.348. The van der Waals surface area contributed by atoms with E-state index in [2.05, 4.69) is 24.1 Å². The van der Waals surface area contributed by atoms with Gasteiger partial charge in [-0.1, -0.05) is 12.8 Å². The van der Waals surface area contributed by atoms with Crippen molar-refractivity contribution in [2.45, 2.75) is 77.4 Å². The molecular formula is C26H33FN4O2. The number of rotatable bonds is 5. The first-order valence-corrected chi connectivity index (χ1v) is 12.3. The van der Waals surface area contributed by atoms with E-state index in [1.807, 2.05) is 6.92 Å². The van der Waals surface area contributed by atoms with Crippen LogP contribution >= 0.6 is 0 Å². The molecule has 0 bridgehead atoms. The molecule has 3 heterocycles. The molecule has 2 fully saturated rings. The fraction of sp³-hybridized carbons (Fsp3) is 0.538. The normalized spacial score (nSPS) is 20.0. The first-order chi connectivity index (χ1) is 15.9. The fourth-order valence-corrected chi connectivity index (χ4v) is 5.97. The van der Waals surface area contributed by atoms with Crippen LogP contribution in [0.5, 0.6) is 0 Å². The molecule has 1 N–H and O–H groups in total. The molecule has 6 nitrogen and oxygen atoms in total. The van der Waals surface area contributed by atoms with Crippen LogP contribution in [0.4, 0.5) is 4.39 Å². The van der Waals surface area contributed by atoms with Crippen LogP contribution in [-0.2, 0) is 0 Å². The fourth-order valence-electron chi connectivity index (χ4n) is 5.97. The van der Waals surface area contributed by atoms with Gasteiger partial charge in [0.2, 0.25) is 0 Å². The Bertz CT molecular complexity index is 1270. The summed E-state index contributed by atoms with van der Waals surface area (Å²) in [5, 5.41) is 3.82. The molecule has 33 heavy (non-hydrogen) atoms. The topological polar surface area (TPSA) is 58.8 Å². The molecule has 1 amide bonds. The lowest BCUT2D eigenvalue weighted by atomic mass is 10.1. The SMILES string of the molecule is Cc1c2cc(F)ccc2n2c(C(=O)NC[C@H]3CCCN3C(C)C)cn(C3CCCC3)c(=O)c12. The summed E-state index contributed by atoms with van der Waals surface area (Å²) in [6, 6.07) is 5.38. The molecule has 1 aliphatic carbocycles. The number of amides is 1. The molecule has 2 aliphatic rings. The van der Waals surface area contributed by atoms with E-state index < -0.39 is 0 Å². The monoisotopic (exact) mass is 452 g/mol. The zero-order valence-corrected chi connectivity index (χ0v) is 19.7. The third-order valence-electron chi connectivity index (χ3n) is 7.66. The number of carbonyl (C=O) groups excluding carboxylic acids is 1. The molecule has 0 spiro atoms. The van der Waals surface area contributed by atoms with Crippen molar-refractivity contribution in [1.29, 1.82) is 0 Å². The highest BCUT2D eigenvalue weighted by atomic mass is 19.1. The predicted molar refractivity (Wildman–Crippen MR) is 129 cm³/mol. The highest BCUT2D eigenvalue weighted by molar-refractivity contribution is 5.99. The van der Waals surface area contributed by atoms with Crippen LogP contribution in [0.3, 0.4) is 0 Å². The quantitative estimate of drug-likeness (QED) is 0.624. The van der Waals surface area contributed by atoms with Crippen LogP contribution in [0, 0.1) is 12.7 Å². The van der Waals surface area contributed by atoms with Gasteiger partial charge in [-0.15, -0.1) is 0 Å². The Morgan fingerprint density at radius 2 is 1.94 bits per heavy atom. The number of aromatic nitrogens is 2. The van der Waals surface area contributed by atoms with E-state index in [-0.39, 0.29) is 23.3 Å². The molecule has 0 radical (unpaired) electrons. The second-order valence-electron chi connectivity index (χ2n) is 9.97. The molecule has 3 aromatic rings. The Kier molecular flexibility index (Phi) is 5.77. The van der Waals surface area contributed by atoms with Crippen LogP contribution < -0.4 is 10.9 Å². The van der Waals surface area contributed by atoms with Gasteiger partial charge in [0.1, 0.15) is 17.0 Å². The van der Waals surface area contributed by atoms with Gasteiger partial charge in [0.15, 0.2) is 0 Å². The highest BCUT2D eigenvalue weighted by Crippen LogP contribution is 2.31. The van der Waals surface area contributed by atoms with Crippen LogP contribution in [0.25, 0.3) is 16.4 Å². The summed E-state index contributed by atoms with van der Waals surface area (Å²) in [6.45, 7) is 7.86. The molecular weight excluding hydrogens is 419 g/mol. The van der Waals surface area contributed by atoms with Crippen LogP contribution in [0.15, 0.2) is 29.2 Å². The number of halogens is 1. The van der Waals surface area contributed by atoms with Gasteiger partial charge in [-0.25, -0.2) is 4.39 Å². The van der Waals surface area contributed by atoms with E-state index in [1.54, 1.807) is 21.2 Å². The summed E-state index contributed by atoms with van der Waals surface area (Å²) in [5.74, 6) is -0.540. The lowest BCUT2D eigenvalue weighted by Gasteiger charge is -2.28. The van der Waals surface area contributed by atoms with Crippen molar-refractivity contribution in [3.63, 3.8) is 0 Å². The first-order valence-electron chi connectivity index (χ1n) is 12.3. The maximum atomic E-state index is 14.0. The van der Waals surface area contributed by atoms with Gasteiger partial charge in [0.05, 0.1) is 5.52 Å². The summed E-state index contributed by atoms with van der Waals surface area (Å²) in [5.41, 5.74) is 2.22. The van der Waals surface area contributed by atoms with E-state index in [1.165, 1.54) is 12.1 Å². The van der Waals surface area contributed by atoms with Gasteiger partial charge in [0, 0.05) is 36.3 Å². The number of carbonyl (C=O) groups is 1. The minimum Gasteiger partial charge on any atom is -0.349 e. The van der Waals surface area contributed by atoms with Crippen molar-refractivity contribution < 1.29 is 9.18 Å². The molecule has 1 aromatic carbocycles. The Morgan fingerprint density at radius 3 is 2.67 bits per heavy atom. The number of hydrogen-bond donors (Lipinski definition) is 1. The number of likely N-dealkylation sites (tertiary alicyclic amines) is 1. The summed E-state index contributed by atoms with van der Waals surface area (Å²) < 4.78 is 17.5. The Hall–Kier alpha value is -2.67. The van der Waals surface area contributed by atoms with Crippen molar-refractivity contribution in [3.05, 3.63) is 51.8 Å². The first kappa shape index (κ1) is 22.1. The average Bonchev–Trinajstić information content (AvgIpc) is 3.53. The third-order valence-corrected chi connectivity index (χ3v) is 7.66. The predicted octanol–water partition coefficient (Wildman–Crippen LogP) is 4.42. The third kappa shape index (κ3) is 3.76. The standard InChI is InChI=1S/C26H33FN4O2/c1-16(2)29-12-6-9-20(29)14-28-25(32)23-15-30(19-7-4-5-8-19)26(33)24-17(3)21-13-18(27)10-11-22(21)31(23)24/h10-11,13,15-16,19-20H,4-9,12,14H2,1-3H3,(H,28,32)/t20-/m1/s1. The van der Waals surface area contributed by atoms with Gasteiger partial charge >= 0.3 is 0 Å². The summed E-state index contributed by atoms with van der Waals surface area (Å²) in [4.78, 5) is 29.5. The van der Waals surface area contributed by atoms with Crippen molar-refractivity contribution in [3.8, 4) is 0 Å². The van der Waals surface area contributed by atoms with Crippen LogP contribution in [-0.4, -0.2) is 44.9 Å². The molecule has 1 aliphatic heterocycles. The molecule has 5 rings (SSSR count). The number of nitrogens with one attached hydrogen (secondary N) is 1. The lowest BCUT2D eigenvalue weighted by Crippen LogP contribution is -2.43. The molecule has 2 aromatic heterocycles. The Morgan fingerprint density at radius 1 is 1.18 bits per heavy atom. The molecule has 0 unspecified atom stereocenters. The second kappa shape index (κ2) is 8.60.